The van der Waals surface area contributed by atoms with E-state index >= 15 is 0 Å². The van der Waals surface area contributed by atoms with E-state index in [1.165, 1.54) is 6.20 Å². The molecule has 0 saturated heterocycles. The van der Waals surface area contributed by atoms with E-state index in [1.54, 1.807) is 0 Å². The van der Waals surface area contributed by atoms with Gasteiger partial charge in [-0.3, -0.25) is 0 Å². The maximum absolute atomic E-state index is 10.7. The lowest BCUT2D eigenvalue weighted by Crippen LogP contribution is -2.01. The Balaban J connectivity index is 2.86. The molecule has 4 nitrogen and oxygen atoms in total. The van der Waals surface area contributed by atoms with Crippen LogP contribution in [0.5, 0.6) is 0 Å². The smallest absolute Gasteiger partial charge is 0.340 e. The zero-order valence-electron chi connectivity index (χ0n) is 7.78. The van der Waals surface area contributed by atoms with E-state index in [1.807, 2.05) is 13.8 Å². The third-order valence-corrected chi connectivity index (χ3v) is 2.00. The Bertz CT molecular complexity index is 293. The minimum Gasteiger partial charge on any atom is -0.478 e. The van der Waals surface area contributed by atoms with Crippen molar-refractivity contribution in [3.05, 3.63) is 17.5 Å². The molecule has 1 unspecified atom stereocenters. The molecule has 0 bridgehead atoms. The van der Waals surface area contributed by atoms with Crippen LogP contribution < -0.4 is 0 Å². The quantitative estimate of drug-likeness (QED) is 0.777. The first-order chi connectivity index (χ1) is 6.16. The normalized spacial score (nSPS) is 12.8. The lowest BCUT2D eigenvalue weighted by molar-refractivity contribution is 0.0693. The third-order valence-electron chi connectivity index (χ3n) is 2.00. The number of nitrogens with zero attached hydrogens (tertiary/aromatic N) is 1. The van der Waals surface area contributed by atoms with E-state index in [0.717, 1.165) is 12.8 Å². The third kappa shape index (κ3) is 2.08. The van der Waals surface area contributed by atoms with Crippen LogP contribution in [0, 0.1) is 0 Å². The summed E-state index contributed by atoms with van der Waals surface area (Å²) < 4.78 is 4.91. The average molecular weight is 183 g/mol. The van der Waals surface area contributed by atoms with Gasteiger partial charge < -0.3 is 9.63 Å². The molecule has 1 rings (SSSR count). The van der Waals surface area contributed by atoms with E-state index in [2.05, 4.69) is 5.16 Å². The number of carbonyl (C=O) groups is 1. The summed E-state index contributed by atoms with van der Waals surface area (Å²) in [4.78, 5) is 10.7. The highest BCUT2D eigenvalue weighted by Crippen LogP contribution is 2.23. The largest absolute Gasteiger partial charge is 0.478 e. The van der Waals surface area contributed by atoms with Gasteiger partial charge in [-0.1, -0.05) is 25.4 Å². The van der Waals surface area contributed by atoms with Gasteiger partial charge in [0, 0.05) is 5.92 Å². The van der Waals surface area contributed by atoms with Crippen molar-refractivity contribution in [1.82, 2.24) is 5.16 Å². The Morgan fingerprint density at radius 1 is 1.77 bits per heavy atom. The first-order valence-corrected chi connectivity index (χ1v) is 4.34. The van der Waals surface area contributed by atoms with Gasteiger partial charge in [0.2, 0.25) is 0 Å². The summed E-state index contributed by atoms with van der Waals surface area (Å²) in [5, 5.41) is 12.3. The fourth-order valence-corrected chi connectivity index (χ4v) is 1.33. The molecule has 0 aliphatic heterocycles. The second kappa shape index (κ2) is 4.07. The van der Waals surface area contributed by atoms with E-state index in [-0.39, 0.29) is 11.5 Å². The Morgan fingerprint density at radius 2 is 2.46 bits per heavy atom. The SMILES string of the molecule is CCCC(C)c1oncc1C(=O)O. The van der Waals surface area contributed by atoms with Crippen LogP contribution in [-0.4, -0.2) is 16.2 Å². The van der Waals surface area contributed by atoms with Crippen LogP contribution in [0.4, 0.5) is 0 Å². The van der Waals surface area contributed by atoms with Crippen molar-refractivity contribution < 1.29 is 14.4 Å². The summed E-state index contributed by atoms with van der Waals surface area (Å²) in [7, 11) is 0. The molecule has 0 radical (unpaired) electrons. The van der Waals surface area contributed by atoms with Crippen molar-refractivity contribution in [2.75, 3.05) is 0 Å². The number of hydrogen-bond acceptors (Lipinski definition) is 3. The van der Waals surface area contributed by atoms with Gasteiger partial charge in [0.25, 0.3) is 0 Å². The summed E-state index contributed by atoms with van der Waals surface area (Å²) in [5.41, 5.74) is 0.181. The van der Waals surface area contributed by atoms with Gasteiger partial charge >= 0.3 is 5.97 Å². The summed E-state index contributed by atoms with van der Waals surface area (Å²) >= 11 is 0. The molecule has 0 aromatic carbocycles. The number of carboxylic acids is 1. The Morgan fingerprint density at radius 3 is 3.00 bits per heavy atom. The minimum atomic E-state index is -0.973. The number of hydrogen-bond donors (Lipinski definition) is 1. The number of aromatic carboxylic acids is 1. The highest BCUT2D eigenvalue weighted by Gasteiger charge is 2.19. The van der Waals surface area contributed by atoms with E-state index in [0.29, 0.717) is 5.76 Å². The van der Waals surface area contributed by atoms with Gasteiger partial charge in [0.05, 0.1) is 6.20 Å². The first kappa shape index (κ1) is 9.77. The standard InChI is InChI=1S/C9H13NO3/c1-3-4-6(2)8-7(9(11)12)5-10-13-8/h5-6H,3-4H2,1-2H3,(H,11,12). The predicted molar refractivity (Wildman–Crippen MR) is 46.8 cm³/mol. The van der Waals surface area contributed by atoms with Crippen LogP contribution >= 0.6 is 0 Å². The topological polar surface area (TPSA) is 63.3 Å². The van der Waals surface area contributed by atoms with Crippen LogP contribution in [0.1, 0.15) is 48.7 Å². The molecular weight excluding hydrogens is 170 g/mol. The fraction of sp³-hybridized carbons (Fsp3) is 0.556. The molecule has 1 heterocycles. The monoisotopic (exact) mass is 183 g/mol. The number of aromatic nitrogens is 1. The second-order valence-electron chi connectivity index (χ2n) is 3.10. The Labute approximate surface area is 76.5 Å². The highest BCUT2D eigenvalue weighted by atomic mass is 16.5. The minimum absolute atomic E-state index is 0.124. The van der Waals surface area contributed by atoms with Gasteiger partial charge in [-0.25, -0.2) is 4.79 Å². The van der Waals surface area contributed by atoms with E-state index in [4.69, 9.17) is 9.63 Å². The zero-order chi connectivity index (χ0) is 9.84. The molecular formula is C9H13NO3. The molecule has 1 atom stereocenters. The summed E-state index contributed by atoms with van der Waals surface area (Å²) in [6.07, 6.45) is 3.17. The molecule has 4 heteroatoms. The molecule has 1 aromatic heterocycles. The van der Waals surface area contributed by atoms with Crippen molar-refractivity contribution in [3.63, 3.8) is 0 Å². The Hall–Kier alpha value is -1.32. The molecule has 0 fully saturated rings. The van der Waals surface area contributed by atoms with Gasteiger partial charge in [0.15, 0.2) is 5.76 Å². The van der Waals surface area contributed by atoms with Crippen molar-refractivity contribution in [2.24, 2.45) is 0 Å². The van der Waals surface area contributed by atoms with Crippen LogP contribution in [0.3, 0.4) is 0 Å². The molecule has 72 valence electrons. The van der Waals surface area contributed by atoms with Crippen LogP contribution in [0.15, 0.2) is 10.7 Å². The van der Waals surface area contributed by atoms with Gasteiger partial charge in [-0.05, 0) is 6.42 Å². The molecule has 0 amide bonds. The lowest BCUT2D eigenvalue weighted by atomic mass is 10.0. The summed E-state index contributed by atoms with van der Waals surface area (Å²) in [6.45, 7) is 3.99. The van der Waals surface area contributed by atoms with Crippen LogP contribution in [0.2, 0.25) is 0 Å². The zero-order valence-corrected chi connectivity index (χ0v) is 7.78. The van der Waals surface area contributed by atoms with Crippen molar-refractivity contribution in [1.29, 1.82) is 0 Å². The fourth-order valence-electron chi connectivity index (χ4n) is 1.33. The molecule has 0 aliphatic carbocycles. The van der Waals surface area contributed by atoms with Crippen molar-refractivity contribution >= 4 is 5.97 Å². The highest BCUT2D eigenvalue weighted by molar-refractivity contribution is 5.88. The summed E-state index contributed by atoms with van der Waals surface area (Å²) in [5.74, 6) is -0.368. The van der Waals surface area contributed by atoms with Crippen LogP contribution in [0.25, 0.3) is 0 Å². The van der Waals surface area contributed by atoms with Gasteiger partial charge in [-0.2, -0.15) is 0 Å². The number of rotatable bonds is 4. The van der Waals surface area contributed by atoms with Gasteiger partial charge in [-0.15, -0.1) is 0 Å². The number of carboxylic acid groups (broad SMARTS) is 1. The molecule has 1 N–H and O–H groups in total. The molecule has 0 saturated carbocycles. The Kier molecular flexibility index (Phi) is 3.06. The maximum atomic E-state index is 10.7. The molecule has 0 spiro atoms. The van der Waals surface area contributed by atoms with E-state index in [9.17, 15) is 4.79 Å². The predicted octanol–water partition coefficient (Wildman–Crippen LogP) is 2.28. The molecule has 1 aromatic rings. The average Bonchev–Trinajstić information content (AvgIpc) is 2.52. The van der Waals surface area contributed by atoms with Crippen LogP contribution in [-0.2, 0) is 0 Å². The molecule has 13 heavy (non-hydrogen) atoms. The van der Waals surface area contributed by atoms with Crippen molar-refractivity contribution in [3.8, 4) is 0 Å². The maximum Gasteiger partial charge on any atom is 0.340 e. The van der Waals surface area contributed by atoms with E-state index < -0.39 is 5.97 Å². The second-order valence-corrected chi connectivity index (χ2v) is 3.10. The molecule has 0 aliphatic rings. The summed E-state index contributed by atoms with van der Waals surface area (Å²) in [6, 6.07) is 0. The van der Waals surface area contributed by atoms with Crippen molar-refractivity contribution in [2.45, 2.75) is 32.6 Å². The lowest BCUT2D eigenvalue weighted by Gasteiger charge is -2.05. The van der Waals surface area contributed by atoms with Gasteiger partial charge in [0.1, 0.15) is 5.56 Å². The first-order valence-electron chi connectivity index (χ1n) is 4.34.